The second-order valence-electron chi connectivity index (χ2n) is 4.34. The van der Waals surface area contributed by atoms with Gasteiger partial charge in [0, 0.05) is 24.7 Å². The van der Waals surface area contributed by atoms with Gasteiger partial charge in [0.2, 0.25) is 15.9 Å². The minimum Gasteiger partial charge on any atom is -0.399 e. The first-order chi connectivity index (χ1) is 8.88. The third-order valence-corrected chi connectivity index (χ3v) is 4.76. The maximum Gasteiger partial charge on any atom is 0.242 e. The summed E-state index contributed by atoms with van der Waals surface area (Å²) in [5.74, 6) is -0.0604. The van der Waals surface area contributed by atoms with Gasteiger partial charge < -0.3 is 11.1 Å². The van der Waals surface area contributed by atoms with Gasteiger partial charge in [-0.25, -0.2) is 13.1 Å². The molecule has 6 nitrogen and oxygen atoms in total. The van der Waals surface area contributed by atoms with Crippen molar-refractivity contribution in [2.24, 2.45) is 0 Å². The van der Waals surface area contributed by atoms with Crippen LogP contribution in [0.4, 0.5) is 5.69 Å². The third kappa shape index (κ3) is 3.37. The summed E-state index contributed by atoms with van der Waals surface area (Å²) >= 11 is 5.86. The van der Waals surface area contributed by atoms with E-state index in [9.17, 15) is 13.2 Å². The minimum atomic E-state index is -3.70. The van der Waals surface area contributed by atoms with Crippen molar-refractivity contribution in [3.05, 3.63) is 23.2 Å². The van der Waals surface area contributed by atoms with Crippen LogP contribution in [-0.4, -0.2) is 26.9 Å². The van der Waals surface area contributed by atoms with E-state index in [-0.39, 0.29) is 28.4 Å². The molecule has 0 spiro atoms. The van der Waals surface area contributed by atoms with Crippen LogP contribution in [0.25, 0.3) is 0 Å². The molecule has 1 aliphatic heterocycles. The van der Waals surface area contributed by atoms with E-state index < -0.39 is 10.0 Å². The number of halogens is 1. The van der Waals surface area contributed by atoms with Gasteiger partial charge in [0.25, 0.3) is 0 Å². The molecular weight excluding hydrogens is 290 g/mol. The molecule has 1 aromatic carbocycles. The van der Waals surface area contributed by atoms with Crippen LogP contribution >= 0.6 is 11.6 Å². The smallest absolute Gasteiger partial charge is 0.242 e. The summed E-state index contributed by atoms with van der Waals surface area (Å²) in [6.45, 7) is 0.148. The number of hydrogen-bond acceptors (Lipinski definition) is 4. The molecule has 0 bridgehead atoms. The number of rotatable bonds is 4. The first-order valence-electron chi connectivity index (χ1n) is 5.72. The highest BCUT2D eigenvalue weighted by atomic mass is 35.5. The molecule has 1 aromatic rings. The van der Waals surface area contributed by atoms with Crippen molar-refractivity contribution in [1.29, 1.82) is 0 Å². The molecule has 1 aliphatic rings. The van der Waals surface area contributed by atoms with E-state index in [1.807, 2.05) is 0 Å². The van der Waals surface area contributed by atoms with Crippen molar-refractivity contribution in [2.45, 2.75) is 23.8 Å². The molecule has 1 amide bonds. The maximum atomic E-state index is 12.1. The summed E-state index contributed by atoms with van der Waals surface area (Å²) in [6, 6.07) is 4.04. The molecule has 104 valence electrons. The summed E-state index contributed by atoms with van der Waals surface area (Å²) in [6.07, 6.45) is 1.05. The molecule has 0 aliphatic carbocycles. The molecular formula is C11H14ClN3O3S. The predicted molar refractivity (Wildman–Crippen MR) is 72.2 cm³/mol. The van der Waals surface area contributed by atoms with E-state index in [0.717, 1.165) is 0 Å². The van der Waals surface area contributed by atoms with Gasteiger partial charge in [-0.3, -0.25) is 4.79 Å². The number of sulfonamides is 1. The second-order valence-corrected chi connectivity index (χ2v) is 6.49. The second kappa shape index (κ2) is 5.36. The molecule has 2 rings (SSSR count). The standard InChI is InChI=1S/C11H14ClN3O3S/c12-9-5-7(13)1-3-10(9)19(17,18)14-6-8-2-4-11(16)15-8/h1,3,5,8,14H,2,4,6,13H2,(H,15,16). The van der Waals surface area contributed by atoms with Gasteiger partial charge in [0.15, 0.2) is 0 Å². The lowest BCUT2D eigenvalue weighted by Gasteiger charge is -2.12. The highest BCUT2D eigenvalue weighted by Crippen LogP contribution is 2.23. The van der Waals surface area contributed by atoms with Crippen LogP contribution in [-0.2, 0) is 14.8 Å². The van der Waals surface area contributed by atoms with Gasteiger partial charge in [-0.2, -0.15) is 0 Å². The van der Waals surface area contributed by atoms with Gasteiger partial charge in [-0.1, -0.05) is 11.6 Å². The molecule has 19 heavy (non-hydrogen) atoms. The van der Waals surface area contributed by atoms with Gasteiger partial charge >= 0.3 is 0 Å². The molecule has 0 saturated carbocycles. The summed E-state index contributed by atoms with van der Waals surface area (Å²) in [5, 5.41) is 2.75. The van der Waals surface area contributed by atoms with E-state index in [1.165, 1.54) is 18.2 Å². The SMILES string of the molecule is Nc1ccc(S(=O)(=O)NCC2CCC(=O)N2)c(Cl)c1. The number of amides is 1. The van der Waals surface area contributed by atoms with Gasteiger partial charge in [0.1, 0.15) is 4.90 Å². The van der Waals surface area contributed by atoms with Crippen LogP contribution in [0, 0.1) is 0 Å². The zero-order valence-corrected chi connectivity index (χ0v) is 11.6. The number of nitrogen functional groups attached to an aromatic ring is 1. The predicted octanol–water partition coefficient (Wildman–Crippen LogP) is 0.479. The minimum absolute atomic E-state index is 0.0207. The summed E-state index contributed by atoms with van der Waals surface area (Å²) in [5.41, 5.74) is 5.91. The summed E-state index contributed by atoms with van der Waals surface area (Å²) in [4.78, 5) is 11.0. The quantitative estimate of drug-likeness (QED) is 0.704. The first-order valence-corrected chi connectivity index (χ1v) is 7.58. The van der Waals surface area contributed by atoms with Crippen LogP contribution in [0.3, 0.4) is 0 Å². The molecule has 8 heteroatoms. The number of benzene rings is 1. The molecule has 0 aromatic heterocycles. The van der Waals surface area contributed by atoms with E-state index in [0.29, 0.717) is 18.5 Å². The van der Waals surface area contributed by atoms with E-state index in [2.05, 4.69) is 10.0 Å². The van der Waals surface area contributed by atoms with Gasteiger partial charge in [-0.05, 0) is 24.6 Å². The number of nitrogens with one attached hydrogen (secondary N) is 2. The lowest BCUT2D eigenvalue weighted by Crippen LogP contribution is -2.38. The Balaban J connectivity index is 2.07. The van der Waals surface area contributed by atoms with Crippen LogP contribution in [0.5, 0.6) is 0 Å². The highest BCUT2D eigenvalue weighted by Gasteiger charge is 2.24. The first kappa shape index (κ1) is 14.1. The van der Waals surface area contributed by atoms with Crippen LogP contribution in [0.1, 0.15) is 12.8 Å². The Kier molecular flexibility index (Phi) is 3.98. The maximum absolute atomic E-state index is 12.1. The van der Waals surface area contributed by atoms with Crippen molar-refractivity contribution in [3.63, 3.8) is 0 Å². The van der Waals surface area contributed by atoms with Gasteiger partial charge in [0.05, 0.1) is 5.02 Å². The summed E-state index contributed by atoms with van der Waals surface area (Å²) < 4.78 is 26.5. The molecule has 1 saturated heterocycles. The van der Waals surface area contributed by atoms with Crippen LogP contribution < -0.4 is 15.8 Å². The Labute approximate surface area is 116 Å². The normalized spacial score (nSPS) is 19.4. The van der Waals surface area contributed by atoms with Crippen molar-refractivity contribution in [2.75, 3.05) is 12.3 Å². The topological polar surface area (TPSA) is 101 Å². The largest absolute Gasteiger partial charge is 0.399 e. The lowest BCUT2D eigenvalue weighted by molar-refractivity contribution is -0.119. The fraction of sp³-hybridized carbons (Fsp3) is 0.364. The fourth-order valence-electron chi connectivity index (χ4n) is 1.85. The Morgan fingerprint density at radius 3 is 2.79 bits per heavy atom. The number of hydrogen-bond donors (Lipinski definition) is 3. The Hall–Kier alpha value is -1.31. The molecule has 1 unspecified atom stereocenters. The monoisotopic (exact) mass is 303 g/mol. The Morgan fingerprint density at radius 2 is 2.21 bits per heavy atom. The Bertz CT molecular complexity index is 603. The fourth-order valence-corrected chi connectivity index (χ4v) is 3.49. The molecule has 1 fully saturated rings. The van der Waals surface area contributed by atoms with E-state index in [4.69, 9.17) is 17.3 Å². The van der Waals surface area contributed by atoms with E-state index in [1.54, 1.807) is 0 Å². The average Bonchev–Trinajstić information content (AvgIpc) is 2.72. The van der Waals surface area contributed by atoms with Crippen molar-refractivity contribution in [1.82, 2.24) is 10.0 Å². The van der Waals surface area contributed by atoms with Crippen molar-refractivity contribution < 1.29 is 13.2 Å². The lowest BCUT2D eigenvalue weighted by atomic mass is 10.2. The average molecular weight is 304 g/mol. The number of carbonyl (C=O) groups is 1. The molecule has 1 atom stereocenters. The highest BCUT2D eigenvalue weighted by molar-refractivity contribution is 7.89. The Morgan fingerprint density at radius 1 is 1.47 bits per heavy atom. The molecule has 1 heterocycles. The van der Waals surface area contributed by atoms with Crippen molar-refractivity contribution in [3.8, 4) is 0 Å². The van der Waals surface area contributed by atoms with Gasteiger partial charge in [-0.15, -0.1) is 0 Å². The third-order valence-electron chi connectivity index (χ3n) is 2.85. The van der Waals surface area contributed by atoms with Crippen LogP contribution in [0.15, 0.2) is 23.1 Å². The molecule has 4 N–H and O–H groups in total. The number of carbonyl (C=O) groups excluding carboxylic acids is 1. The van der Waals surface area contributed by atoms with Crippen molar-refractivity contribution >= 4 is 33.2 Å². The molecule has 0 radical (unpaired) electrons. The zero-order valence-electron chi connectivity index (χ0n) is 10.0. The summed E-state index contributed by atoms with van der Waals surface area (Å²) in [7, 11) is -3.70. The number of anilines is 1. The van der Waals surface area contributed by atoms with E-state index >= 15 is 0 Å². The zero-order chi connectivity index (χ0) is 14.0. The number of nitrogens with two attached hydrogens (primary N) is 1. The van der Waals surface area contributed by atoms with Crippen LogP contribution in [0.2, 0.25) is 5.02 Å².